The van der Waals surface area contributed by atoms with Crippen LogP contribution in [0, 0.1) is 10.1 Å². The van der Waals surface area contributed by atoms with Gasteiger partial charge in [0.1, 0.15) is 5.75 Å². The molecule has 0 unspecified atom stereocenters. The van der Waals surface area contributed by atoms with Crippen molar-refractivity contribution in [1.82, 2.24) is 4.90 Å². The van der Waals surface area contributed by atoms with Crippen molar-refractivity contribution in [1.29, 1.82) is 0 Å². The molecule has 0 aromatic heterocycles. The van der Waals surface area contributed by atoms with Crippen LogP contribution < -0.4 is 4.74 Å². The highest BCUT2D eigenvalue weighted by Crippen LogP contribution is 2.15. The highest BCUT2D eigenvalue weighted by atomic mass is 16.6. The summed E-state index contributed by atoms with van der Waals surface area (Å²) in [6, 6.07) is 15.8. The van der Waals surface area contributed by atoms with Gasteiger partial charge in [-0.1, -0.05) is 30.3 Å². The Kier molecular flexibility index (Phi) is 5.46. The summed E-state index contributed by atoms with van der Waals surface area (Å²) in [5.74, 6) is 0.398. The molecule has 0 radical (unpaired) electrons. The molecule has 0 saturated heterocycles. The van der Waals surface area contributed by atoms with Crippen LogP contribution in [-0.4, -0.2) is 22.8 Å². The summed E-state index contributed by atoms with van der Waals surface area (Å²) in [5, 5.41) is 10.6. The topological polar surface area (TPSA) is 72.7 Å². The molecule has 0 bridgehead atoms. The predicted octanol–water partition coefficient (Wildman–Crippen LogP) is 3.09. The van der Waals surface area contributed by atoms with Crippen molar-refractivity contribution in [3.05, 3.63) is 88.2 Å². The summed E-state index contributed by atoms with van der Waals surface area (Å²) in [4.78, 5) is 23.8. The second-order valence-corrected chi connectivity index (χ2v) is 4.73. The Morgan fingerprint density at radius 3 is 2.39 bits per heavy atom. The maximum absolute atomic E-state index is 12.5. The number of hydrogen-bond acceptors (Lipinski definition) is 4. The lowest BCUT2D eigenvalue weighted by Gasteiger charge is -2.18. The monoisotopic (exact) mass is 312 g/mol. The maximum Gasteiger partial charge on any atom is 0.258 e. The normalized spacial score (nSPS) is 10.5. The van der Waals surface area contributed by atoms with E-state index in [4.69, 9.17) is 4.74 Å². The molecule has 2 aromatic carbocycles. The third-order valence-corrected chi connectivity index (χ3v) is 3.16. The molecule has 118 valence electrons. The second-order valence-electron chi connectivity index (χ2n) is 4.73. The van der Waals surface area contributed by atoms with Crippen molar-refractivity contribution in [2.45, 2.75) is 6.54 Å². The van der Waals surface area contributed by atoms with Crippen molar-refractivity contribution < 1.29 is 14.5 Å². The van der Waals surface area contributed by atoms with E-state index in [0.717, 1.165) is 11.8 Å². The molecular formula is C17H16N2O4. The summed E-state index contributed by atoms with van der Waals surface area (Å²) in [6.45, 7) is 0.224. The number of carbonyl (C=O) groups is 1. The Labute approximate surface area is 133 Å². The number of nitrogens with zero attached hydrogens (tertiary/aromatic N) is 2. The van der Waals surface area contributed by atoms with Gasteiger partial charge >= 0.3 is 0 Å². The highest BCUT2D eigenvalue weighted by molar-refractivity contribution is 5.94. The van der Waals surface area contributed by atoms with Crippen LogP contribution in [-0.2, 0) is 6.54 Å². The Morgan fingerprint density at radius 1 is 1.17 bits per heavy atom. The van der Waals surface area contributed by atoms with Crippen LogP contribution in [0.2, 0.25) is 0 Å². The molecule has 0 saturated carbocycles. The molecule has 2 rings (SSSR count). The van der Waals surface area contributed by atoms with Crippen LogP contribution >= 0.6 is 0 Å². The fourth-order valence-electron chi connectivity index (χ4n) is 2.00. The number of benzene rings is 2. The molecule has 1 amide bonds. The summed E-state index contributed by atoms with van der Waals surface area (Å²) >= 11 is 0. The molecule has 0 spiro atoms. The summed E-state index contributed by atoms with van der Waals surface area (Å²) in [7, 11) is 1.57. The molecule has 23 heavy (non-hydrogen) atoms. The zero-order chi connectivity index (χ0) is 16.7. The van der Waals surface area contributed by atoms with Gasteiger partial charge in [0.15, 0.2) is 0 Å². The lowest BCUT2D eigenvalue weighted by molar-refractivity contribution is -0.403. The number of ether oxygens (including phenoxy) is 1. The van der Waals surface area contributed by atoms with E-state index >= 15 is 0 Å². The maximum atomic E-state index is 12.5. The smallest absolute Gasteiger partial charge is 0.258 e. The minimum atomic E-state index is -0.598. The number of hydrogen-bond donors (Lipinski definition) is 0. The molecule has 2 aromatic rings. The summed E-state index contributed by atoms with van der Waals surface area (Å²) < 4.78 is 5.09. The Hall–Kier alpha value is -3.15. The first-order valence-corrected chi connectivity index (χ1v) is 6.91. The van der Waals surface area contributed by atoms with E-state index in [9.17, 15) is 14.9 Å². The molecule has 6 nitrogen and oxygen atoms in total. The number of nitro groups is 1. The molecule has 0 aliphatic rings. The van der Waals surface area contributed by atoms with Gasteiger partial charge in [-0.05, 0) is 29.8 Å². The first-order valence-electron chi connectivity index (χ1n) is 6.91. The van der Waals surface area contributed by atoms with Crippen molar-refractivity contribution >= 4 is 5.91 Å². The lowest BCUT2D eigenvalue weighted by Crippen LogP contribution is -2.25. The van der Waals surface area contributed by atoms with Gasteiger partial charge in [0, 0.05) is 5.56 Å². The van der Waals surface area contributed by atoms with Gasteiger partial charge in [-0.2, -0.15) is 0 Å². The molecule has 0 atom stereocenters. The number of carbonyl (C=O) groups excluding carboxylic acids is 1. The quantitative estimate of drug-likeness (QED) is 0.607. The molecule has 0 aliphatic heterocycles. The van der Waals surface area contributed by atoms with Crippen LogP contribution in [0.4, 0.5) is 0 Å². The van der Waals surface area contributed by atoms with Crippen LogP contribution in [0.3, 0.4) is 0 Å². The fourth-order valence-corrected chi connectivity index (χ4v) is 2.00. The molecular weight excluding hydrogens is 296 g/mol. The average Bonchev–Trinajstić information content (AvgIpc) is 2.59. The van der Waals surface area contributed by atoms with Crippen LogP contribution in [0.15, 0.2) is 67.0 Å². The third-order valence-electron chi connectivity index (χ3n) is 3.16. The molecule has 6 heteroatoms. The van der Waals surface area contributed by atoms with E-state index in [1.165, 1.54) is 11.1 Å². The van der Waals surface area contributed by atoms with E-state index in [0.29, 0.717) is 11.3 Å². The van der Waals surface area contributed by atoms with Gasteiger partial charge in [0.25, 0.3) is 12.1 Å². The van der Waals surface area contributed by atoms with Gasteiger partial charge in [0.05, 0.1) is 24.8 Å². The van der Waals surface area contributed by atoms with E-state index < -0.39 is 4.92 Å². The molecule has 0 aliphatic carbocycles. The van der Waals surface area contributed by atoms with E-state index in [-0.39, 0.29) is 12.5 Å². The summed E-state index contributed by atoms with van der Waals surface area (Å²) in [5.41, 5.74) is 1.30. The number of rotatable bonds is 6. The zero-order valence-electron chi connectivity index (χ0n) is 12.6. The minimum absolute atomic E-state index is 0.224. The SMILES string of the molecule is COc1ccc(CN(C=C[N+](=O)[O-])C(=O)c2ccccc2)cc1. The van der Waals surface area contributed by atoms with Crippen molar-refractivity contribution in [3.8, 4) is 5.75 Å². The number of amides is 1. The van der Waals surface area contributed by atoms with Crippen LogP contribution in [0.1, 0.15) is 15.9 Å². The fraction of sp³-hybridized carbons (Fsp3) is 0.118. The van der Waals surface area contributed by atoms with Gasteiger partial charge in [-0.3, -0.25) is 14.9 Å². The largest absolute Gasteiger partial charge is 0.497 e. The predicted molar refractivity (Wildman–Crippen MR) is 85.4 cm³/mol. The van der Waals surface area contributed by atoms with Crippen LogP contribution in [0.5, 0.6) is 5.75 Å². The Morgan fingerprint density at radius 2 is 1.83 bits per heavy atom. The van der Waals surface area contributed by atoms with E-state index in [2.05, 4.69) is 0 Å². The average molecular weight is 312 g/mol. The highest BCUT2D eigenvalue weighted by Gasteiger charge is 2.14. The lowest BCUT2D eigenvalue weighted by atomic mass is 10.1. The van der Waals surface area contributed by atoms with Gasteiger partial charge in [0.2, 0.25) is 0 Å². The summed E-state index contributed by atoms with van der Waals surface area (Å²) in [6.07, 6.45) is 1.93. The molecule has 0 heterocycles. The number of methoxy groups -OCH3 is 1. The van der Waals surface area contributed by atoms with Crippen molar-refractivity contribution in [2.75, 3.05) is 7.11 Å². The Bertz CT molecular complexity index is 696. The second kappa shape index (κ2) is 7.74. The van der Waals surface area contributed by atoms with Gasteiger partial charge in [-0.15, -0.1) is 0 Å². The zero-order valence-corrected chi connectivity index (χ0v) is 12.6. The van der Waals surface area contributed by atoms with Crippen molar-refractivity contribution in [3.63, 3.8) is 0 Å². The van der Waals surface area contributed by atoms with Gasteiger partial charge in [-0.25, -0.2) is 0 Å². The van der Waals surface area contributed by atoms with E-state index in [1.54, 1.807) is 49.6 Å². The Balaban J connectivity index is 2.22. The third kappa shape index (κ3) is 4.67. The van der Waals surface area contributed by atoms with Crippen molar-refractivity contribution in [2.24, 2.45) is 0 Å². The first-order chi connectivity index (χ1) is 11.1. The van der Waals surface area contributed by atoms with Crippen LogP contribution in [0.25, 0.3) is 0 Å². The minimum Gasteiger partial charge on any atom is -0.497 e. The standard InChI is InChI=1S/C17H16N2O4/c1-23-16-9-7-14(8-10-16)13-18(11-12-19(21)22)17(20)15-5-3-2-4-6-15/h2-12H,13H2,1H3. The molecule has 0 N–H and O–H groups in total. The van der Waals surface area contributed by atoms with E-state index in [1.807, 2.05) is 12.1 Å². The first kappa shape index (κ1) is 16.2. The van der Waals surface area contributed by atoms with Gasteiger partial charge < -0.3 is 9.64 Å². The molecule has 0 fully saturated rings.